The minimum absolute atomic E-state index is 0.0437. The molecule has 2 N–H and O–H groups in total. The summed E-state index contributed by atoms with van der Waals surface area (Å²) >= 11 is 0. The highest BCUT2D eigenvalue weighted by atomic mass is 15.3. The third-order valence-corrected chi connectivity index (χ3v) is 12.8. The van der Waals surface area contributed by atoms with Crippen LogP contribution in [0, 0.1) is 17.8 Å². The normalized spacial score (nSPS) is 26.7. The topological polar surface area (TPSA) is 36.4 Å². The fourth-order valence-electron chi connectivity index (χ4n) is 10.1. The van der Waals surface area contributed by atoms with Gasteiger partial charge in [-0.05, 0) is 131 Å². The number of fused-ring (bicyclic) bond motifs is 6. The molecule has 268 valence electrons. The minimum atomic E-state index is -0.131. The van der Waals surface area contributed by atoms with Gasteiger partial charge >= 0.3 is 0 Å². The van der Waals surface area contributed by atoms with Gasteiger partial charge in [-0.3, -0.25) is 5.32 Å². The van der Waals surface area contributed by atoms with E-state index in [2.05, 4.69) is 156 Å². The summed E-state index contributed by atoms with van der Waals surface area (Å²) < 4.78 is 0. The molecule has 0 radical (unpaired) electrons. The molecular weight excluding hydrogens is 655 g/mol. The zero-order chi connectivity index (χ0) is 35.8. The number of nitrogens with zero attached hydrogens (tertiary/aromatic N) is 1. The molecule has 0 fully saturated rings. The second-order valence-electron chi connectivity index (χ2n) is 15.9. The summed E-state index contributed by atoms with van der Waals surface area (Å²) in [5.41, 5.74) is 17.6. The average Bonchev–Trinajstić information content (AvgIpc) is 3.27. The highest BCUT2D eigenvalue weighted by molar-refractivity contribution is 5.99. The lowest BCUT2D eigenvalue weighted by Crippen LogP contribution is -2.49. The van der Waals surface area contributed by atoms with E-state index in [1.54, 1.807) is 27.8 Å². The van der Waals surface area contributed by atoms with Crippen LogP contribution < -0.4 is 10.6 Å². The van der Waals surface area contributed by atoms with Crippen molar-refractivity contribution in [2.75, 3.05) is 0 Å². The molecule has 5 atom stereocenters. The van der Waals surface area contributed by atoms with Crippen molar-refractivity contribution in [1.29, 1.82) is 0 Å². The monoisotopic (exact) mass is 703 g/mol. The summed E-state index contributed by atoms with van der Waals surface area (Å²) in [6.45, 7) is 0. The SMILES string of the molecule is C1=CCC(C2=C(C3=CC=C(C4N=C(c5ccccc5)NC(c5ccccc5)N4)CC3C3C=Cc4c5c(c6c(c4C3)CCC=C6)CCC=C5)CCC=C2)C=C1. The second kappa shape index (κ2) is 14.5. The molecule has 0 saturated heterocycles. The lowest BCUT2D eigenvalue weighted by Gasteiger charge is -2.39. The highest BCUT2D eigenvalue weighted by Crippen LogP contribution is 2.47. The number of amidine groups is 1. The van der Waals surface area contributed by atoms with Gasteiger partial charge in [0.15, 0.2) is 0 Å². The first-order valence-corrected chi connectivity index (χ1v) is 20.3. The van der Waals surface area contributed by atoms with Crippen LogP contribution in [0.1, 0.15) is 89.2 Å². The smallest absolute Gasteiger partial charge is 0.131 e. The van der Waals surface area contributed by atoms with Crippen molar-refractivity contribution in [2.45, 2.75) is 70.1 Å². The first-order chi connectivity index (χ1) is 26.8. The van der Waals surface area contributed by atoms with Crippen molar-refractivity contribution in [1.82, 2.24) is 10.6 Å². The maximum Gasteiger partial charge on any atom is 0.131 e. The zero-order valence-electron chi connectivity index (χ0n) is 31.1. The number of allylic oxidation sites excluding steroid dienone is 14. The van der Waals surface area contributed by atoms with Crippen LogP contribution in [0.5, 0.6) is 0 Å². The molecule has 10 rings (SSSR count). The molecule has 0 aromatic heterocycles. The van der Waals surface area contributed by atoms with Gasteiger partial charge in [-0.1, -0.05) is 146 Å². The van der Waals surface area contributed by atoms with E-state index >= 15 is 0 Å². The molecular formula is C51H49N3. The Morgan fingerprint density at radius 2 is 1.39 bits per heavy atom. The van der Waals surface area contributed by atoms with E-state index in [0.29, 0.717) is 17.8 Å². The fraction of sp³-hybridized carbons (Fsp3) is 0.275. The highest BCUT2D eigenvalue weighted by Gasteiger charge is 2.37. The van der Waals surface area contributed by atoms with Crippen LogP contribution in [0.15, 0.2) is 155 Å². The summed E-state index contributed by atoms with van der Waals surface area (Å²) in [6.07, 6.45) is 43.5. The van der Waals surface area contributed by atoms with E-state index in [1.165, 1.54) is 33.4 Å². The van der Waals surface area contributed by atoms with Crippen LogP contribution in [-0.4, -0.2) is 12.0 Å². The molecule has 5 unspecified atom stereocenters. The van der Waals surface area contributed by atoms with Crippen molar-refractivity contribution in [2.24, 2.45) is 22.7 Å². The predicted molar refractivity (Wildman–Crippen MR) is 226 cm³/mol. The molecule has 1 heterocycles. The lowest BCUT2D eigenvalue weighted by molar-refractivity contribution is 0.388. The number of hydrogen-bond acceptors (Lipinski definition) is 3. The molecule has 6 aliphatic carbocycles. The van der Waals surface area contributed by atoms with Crippen LogP contribution >= 0.6 is 0 Å². The molecule has 0 bridgehead atoms. The molecule has 0 saturated carbocycles. The van der Waals surface area contributed by atoms with Crippen molar-refractivity contribution in [3.8, 4) is 0 Å². The Hall–Kier alpha value is -5.25. The average molecular weight is 704 g/mol. The van der Waals surface area contributed by atoms with Crippen molar-refractivity contribution >= 4 is 24.1 Å². The Morgan fingerprint density at radius 1 is 0.630 bits per heavy atom. The summed E-state index contributed by atoms with van der Waals surface area (Å²) in [5, 5.41) is 7.68. The van der Waals surface area contributed by atoms with Gasteiger partial charge in [0.1, 0.15) is 18.2 Å². The summed E-state index contributed by atoms with van der Waals surface area (Å²) in [4.78, 5) is 5.42. The van der Waals surface area contributed by atoms with Crippen molar-refractivity contribution in [3.63, 3.8) is 0 Å². The Labute approximate surface area is 320 Å². The quantitative estimate of drug-likeness (QED) is 0.268. The Morgan fingerprint density at radius 3 is 2.22 bits per heavy atom. The van der Waals surface area contributed by atoms with Crippen LogP contribution in [0.2, 0.25) is 0 Å². The molecule has 3 aromatic carbocycles. The van der Waals surface area contributed by atoms with Crippen LogP contribution in [0.25, 0.3) is 18.2 Å². The maximum atomic E-state index is 5.42. The standard InChI is InChI=1S/C51H49N3/c1-4-16-34(17-5-1)39-22-10-11-23-40(39)45-31-29-38(51-53-49(35-18-6-2-7-19-35)52-50(54-51)36-20-8-3-9-21-36)33-47(45)37-28-30-46-43-26-13-12-24-41(43)42-25-14-15-27-44(42)48(46)32-37/h1-10,13-14,16,18-22,25-26,28-31,34,37,47,49,51,53H,11-12,15,17,23-24,27,32-33H2,(H,52,54). The molecule has 0 amide bonds. The minimum Gasteiger partial charge on any atom is -0.350 e. The first-order valence-electron chi connectivity index (χ1n) is 20.3. The Kier molecular flexibility index (Phi) is 8.97. The van der Waals surface area contributed by atoms with E-state index in [9.17, 15) is 0 Å². The van der Waals surface area contributed by atoms with E-state index in [-0.39, 0.29) is 12.3 Å². The number of benzene rings is 3. The molecule has 1 aliphatic heterocycles. The third kappa shape index (κ3) is 6.19. The van der Waals surface area contributed by atoms with E-state index in [1.807, 2.05) is 0 Å². The number of nitrogens with one attached hydrogen (secondary N) is 2. The second-order valence-corrected chi connectivity index (χ2v) is 15.9. The third-order valence-electron chi connectivity index (χ3n) is 12.8. The van der Waals surface area contributed by atoms with E-state index in [4.69, 9.17) is 4.99 Å². The van der Waals surface area contributed by atoms with Gasteiger partial charge in [0.05, 0.1) is 0 Å². The molecule has 0 spiro atoms. The number of aliphatic imine (C=N–C) groups is 1. The van der Waals surface area contributed by atoms with Gasteiger partial charge in [0.25, 0.3) is 0 Å². The molecule has 3 aromatic rings. The predicted octanol–water partition coefficient (Wildman–Crippen LogP) is 11.1. The van der Waals surface area contributed by atoms with Gasteiger partial charge in [-0.2, -0.15) is 0 Å². The van der Waals surface area contributed by atoms with Gasteiger partial charge < -0.3 is 5.32 Å². The van der Waals surface area contributed by atoms with Gasteiger partial charge in [-0.25, -0.2) is 4.99 Å². The maximum absolute atomic E-state index is 5.42. The van der Waals surface area contributed by atoms with E-state index < -0.39 is 0 Å². The van der Waals surface area contributed by atoms with Crippen LogP contribution in [0.3, 0.4) is 0 Å². The molecule has 3 nitrogen and oxygen atoms in total. The van der Waals surface area contributed by atoms with Gasteiger partial charge in [-0.15, -0.1) is 0 Å². The summed E-state index contributed by atoms with van der Waals surface area (Å²) in [6, 6.07) is 21.4. The van der Waals surface area contributed by atoms with Gasteiger partial charge in [0, 0.05) is 11.5 Å². The first kappa shape index (κ1) is 33.3. The fourth-order valence-corrected chi connectivity index (χ4v) is 10.1. The Balaban J connectivity index is 1.07. The van der Waals surface area contributed by atoms with Gasteiger partial charge in [0.2, 0.25) is 0 Å². The number of hydrogen-bond donors (Lipinski definition) is 2. The number of rotatable bonds is 6. The Bertz CT molecular complexity index is 2270. The van der Waals surface area contributed by atoms with Crippen LogP contribution in [0.4, 0.5) is 0 Å². The van der Waals surface area contributed by atoms with E-state index in [0.717, 1.165) is 69.2 Å². The molecule has 54 heavy (non-hydrogen) atoms. The summed E-state index contributed by atoms with van der Waals surface area (Å²) in [7, 11) is 0. The van der Waals surface area contributed by atoms with Crippen molar-refractivity contribution < 1.29 is 0 Å². The molecule has 7 aliphatic rings. The largest absolute Gasteiger partial charge is 0.350 e. The molecule has 3 heteroatoms. The lowest BCUT2D eigenvalue weighted by atomic mass is 9.67. The van der Waals surface area contributed by atoms with Crippen molar-refractivity contribution in [3.05, 3.63) is 194 Å². The summed E-state index contributed by atoms with van der Waals surface area (Å²) in [5.74, 6) is 2.14. The zero-order valence-corrected chi connectivity index (χ0v) is 31.1. The van der Waals surface area contributed by atoms with Crippen LogP contribution in [-0.2, 0) is 19.3 Å².